The number of nitrogens with two attached hydrogens (primary N) is 1. The van der Waals surface area contributed by atoms with Gasteiger partial charge in [0.1, 0.15) is 11.3 Å². The van der Waals surface area contributed by atoms with E-state index >= 15 is 0 Å². The zero-order valence-corrected chi connectivity index (χ0v) is 6.94. The first-order valence-electron chi connectivity index (χ1n) is 3.95. The quantitative estimate of drug-likeness (QED) is 0.672. The molecule has 0 atom stereocenters. The Morgan fingerprint density at radius 1 is 1.38 bits per heavy atom. The first kappa shape index (κ1) is 7.94. The van der Waals surface area contributed by atoms with Crippen molar-refractivity contribution in [1.82, 2.24) is 10.2 Å². The van der Waals surface area contributed by atoms with Gasteiger partial charge in [0.15, 0.2) is 0 Å². The molecule has 0 saturated heterocycles. The number of phenols is 1. The standard InChI is InChI=1S/C9H9N3O/c10-4-6-5-11-12-9-7(6)2-1-3-8(9)13/h1-3,5,13H,4,10H2. The molecule has 0 radical (unpaired) electrons. The second kappa shape index (κ2) is 2.99. The fourth-order valence-corrected chi connectivity index (χ4v) is 1.28. The minimum absolute atomic E-state index is 0.139. The maximum atomic E-state index is 9.45. The van der Waals surface area contributed by atoms with Gasteiger partial charge >= 0.3 is 0 Å². The number of fused-ring (bicyclic) bond motifs is 1. The molecular formula is C9H9N3O. The number of rotatable bonds is 1. The Hall–Kier alpha value is -1.68. The number of phenolic OH excluding ortho intramolecular Hbond substituents is 1. The Balaban J connectivity index is 2.84. The van der Waals surface area contributed by atoms with E-state index in [1.54, 1.807) is 18.3 Å². The Labute approximate surface area is 75.0 Å². The van der Waals surface area contributed by atoms with Crippen molar-refractivity contribution in [2.45, 2.75) is 6.54 Å². The van der Waals surface area contributed by atoms with Crippen LogP contribution in [0.4, 0.5) is 0 Å². The van der Waals surface area contributed by atoms with Crippen molar-refractivity contribution in [2.75, 3.05) is 0 Å². The summed E-state index contributed by atoms with van der Waals surface area (Å²) >= 11 is 0. The van der Waals surface area contributed by atoms with E-state index in [-0.39, 0.29) is 5.75 Å². The molecule has 0 aliphatic carbocycles. The predicted molar refractivity (Wildman–Crippen MR) is 49.1 cm³/mol. The third-order valence-electron chi connectivity index (χ3n) is 1.95. The molecular weight excluding hydrogens is 166 g/mol. The highest BCUT2D eigenvalue weighted by molar-refractivity contribution is 5.86. The molecule has 0 saturated carbocycles. The second-order valence-electron chi connectivity index (χ2n) is 2.75. The summed E-state index contributed by atoms with van der Waals surface area (Å²) in [6.07, 6.45) is 1.61. The van der Waals surface area contributed by atoms with Crippen molar-refractivity contribution in [3.63, 3.8) is 0 Å². The molecule has 2 aromatic rings. The molecule has 13 heavy (non-hydrogen) atoms. The average molecular weight is 175 g/mol. The minimum Gasteiger partial charge on any atom is -0.506 e. The molecule has 2 rings (SSSR count). The van der Waals surface area contributed by atoms with E-state index < -0.39 is 0 Å². The number of hydrogen-bond donors (Lipinski definition) is 2. The summed E-state index contributed by atoms with van der Waals surface area (Å²) in [5, 5.41) is 17.9. The molecule has 0 aliphatic rings. The smallest absolute Gasteiger partial charge is 0.143 e. The van der Waals surface area contributed by atoms with E-state index in [2.05, 4.69) is 10.2 Å². The van der Waals surface area contributed by atoms with Crippen LogP contribution in [0.5, 0.6) is 5.75 Å². The summed E-state index contributed by atoms with van der Waals surface area (Å²) in [5.74, 6) is 0.139. The lowest BCUT2D eigenvalue weighted by Gasteiger charge is -2.02. The van der Waals surface area contributed by atoms with E-state index in [0.29, 0.717) is 12.1 Å². The van der Waals surface area contributed by atoms with Crippen LogP contribution in [0, 0.1) is 0 Å². The molecule has 0 fully saturated rings. The van der Waals surface area contributed by atoms with Gasteiger partial charge in [-0.1, -0.05) is 12.1 Å². The number of benzene rings is 1. The van der Waals surface area contributed by atoms with Crippen LogP contribution in [0.3, 0.4) is 0 Å². The second-order valence-corrected chi connectivity index (χ2v) is 2.75. The highest BCUT2D eigenvalue weighted by Crippen LogP contribution is 2.23. The SMILES string of the molecule is NCc1cnnc2c(O)cccc12. The van der Waals surface area contributed by atoms with Crippen molar-refractivity contribution in [1.29, 1.82) is 0 Å². The van der Waals surface area contributed by atoms with Crippen molar-refractivity contribution in [3.8, 4) is 5.75 Å². The molecule has 0 bridgehead atoms. The van der Waals surface area contributed by atoms with Gasteiger partial charge in [-0.15, -0.1) is 5.10 Å². The van der Waals surface area contributed by atoms with Gasteiger partial charge in [-0.25, -0.2) is 0 Å². The van der Waals surface area contributed by atoms with E-state index in [4.69, 9.17) is 5.73 Å². The Kier molecular flexibility index (Phi) is 1.83. The van der Waals surface area contributed by atoms with Gasteiger partial charge in [-0.3, -0.25) is 0 Å². The highest BCUT2D eigenvalue weighted by Gasteiger charge is 2.04. The molecule has 1 aromatic carbocycles. The summed E-state index contributed by atoms with van der Waals surface area (Å²) < 4.78 is 0. The van der Waals surface area contributed by atoms with Crippen LogP contribution >= 0.6 is 0 Å². The zero-order chi connectivity index (χ0) is 9.26. The van der Waals surface area contributed by atoms with Gasteiger partial charge in [0.05, 0.1) is 6.20 Å². The summed E-state index contributed by atoms with van der Waals surface area (Å²) in [6, 6.07) is 5.21. The van der Waals surface area contributed by atoms with Gasteiger partial charge in [0, 0.05) is 11.9 Å². The molecule has 4 nitrogen and oxygen atoms in total. The number of nitrogens with zero attached hydrogens (tertiary/aromatic N) is 2. The Bertz CT molecular complexity index is 442. The van der Waals surface area contributed by atoms with E-state index in [9.17, 15) is 5.11 Å². The van der Waals surface area contributed by atoms with Crippen LogP contribution in [0.15, 0.2) is 24.4 Å². The Morgan fingerprint density at radius 3 is 3.00 bits per heavy atom. The summed E-state index contributed by atoms with van der Waals surface area (Å²) in [5.41, 5.74) is 6.91. The maximum absolute atomic E-state index is 9.45. The van der Waals surface area contributed by atoms with Crippen molar-refractivity contribution >= 4 is 10.9 Å². The van der Waals surface area contributed by atoms with Gasteiger partial charge in [0.25, 0.3) is 0 Å². The third-order valence-corrected chi connectivity index (χ3v) is 1.95. The van der Waals surface area contributed by atoms with Crippen LogP contribution in [0.25, 0.3) is 10.9 Å². The topological polar surface area (TPSA) is 72.0 Å². The molecule has 0 spiro atoms. The molecule has 3 N–H and O–H groups in total. The first-order chi connectivity index (χ1) is 6.33. The summed E-state index contributed by atoms with van der Waals surface area (Å²) in [6.45, 7) is 0.398. The fourth-order valence-electron chi connectivity index (χ4n) is 1.28. The summed E-state index contributed by atoms with van der Waals surface area (Å²) in [7, 11) is 0. The zero-order valence-electron chi connectivity index (χ0n) is 6.94. The van der Waals surface area contributed by atoms with Crippen LogP contribution in [0.2, 0.25) is 0 Å². The molecule has 0 unspecified atom stereocenters. The average Bonchev–Trinajstić information content (AvgIpc) is 2.18. The molecule has 4 heteroatoms. The molecule has 0 aliphatic heterocycles. The molecule has 1 aromatic heterocycles. The minimum atomic E-state index is 0.139. The van der Waals surface area contributed by atoms with Crippen LogP contribution in [0.1, 0.15) is 5.56 Å². The highest BCUT2D eigenvalue weighted by atomic mass is 16.3. The number of aromatic nitrogens is 2. The third kappa shape index (κ3) is 1.21. The van der Waals surface area contributed by atoms with Crippen LogP contribution in [-0.2, 0) is 6.54 Å². The van der Waals surface area contributed by atoms with E-state index in [1.165, 1.54) is 0 Å². The lowest BCUT2D eigenvalue weighted by atomic mass is 10.1. The maximum Gasteiger partial charge on any atom is 0.143 e. The lowest BCUT2D eigenvalue weighted by molar-refractivity contribution is 0.480. The molecule has 66 valence electrons. The van der Waals surface area contributed by atoms with E-state index in [1.807, 2.05) is 6.07 Å². The van der Waals surface area contributed by atoms with Gasteiger partial charge < -0.3 is 10.8 Å². The van der Waals surface area contributed by atoms with E-state index in [0.717, 1.165) is 10.9 Å². The fraction of sp³-hybridized carbons (Fsp3) is 0.111. The van der Waals surface area contributed by atoms with Crippen molar-refractivity contribution in [2.24, 2.45) is 5.73 Å². The number of hydrogen-bond acceptors (Lipinski definition) is 4. The molecule has 1 heterocycles. The van der Waals surface area contributed by atoms with Crippen molar-refractivity contribution in [3.05, 3.63) is 30.0 Å². The first-order valence-corrected chi connectivity index (χ1v) is 3.95. The van der Waals surface area contributed by atoms with Crippen LogP contribution in [-0.4, -0.2) is 15.3 Å². The van der Waals surface area contributed by atoms with Gasteiger partial charge in [-0.2, -0.15) is 5.10 Å². The summed E-state index contributed by atoms with van der Waals surface area (Å²) in [4.78, 5) is 0. The van der Waals surface area contributed by atoms with Crippen molar-refractivity contribution < 1.29 is 5.11 Å². The lowest BCUT2D eigenvalue weighted by Crippen LogP contribution is -1.99. The molecule has 0 amide bonds. The van der Waals surface area contributed by atoms with Crippen LogP contribution < -0.4 is 5.73 Å². The van der Waals surface area contributed by atoms with Gasteiger partial charge in [0.2, 0.25) is 0 Å². The Morgan fingerprint density at radius 2 is 2.23 bits per heavy atom. The monoisotopic (exact) mass is 175 g/mol. The normalized spacial score (nSPS) is 10.5. The number of aromatic hydroxyl groups is 1. The predicted octanol–water partition coefficient (Wildman–Crippen LogP) is 0.794. The largest absolute Gasteiger partial charge is 0.506 e. The van der Waals surface area contributed by atoms with Gasteiger partial charge in [-0.05, 0) is 11.6 Å².